The van der Waals surface area contributed by atoms with E-state index in [1.54, 1.807) is 11.3 Å². The van der Waals surface area contributed by atoms with E-state index in [1.165, 1.54) is 4.88 Å². The second-order valence-corrected chi connectivity index (χ2v) is 8.16. The van der Waals surface area contributed by atoms with E-state index in [4.69, 9.17) is 0 Å². The van der Waals surface area contributed by atoms with Gasteiger partial charge >= 0.3 is 6.03 Å². The van der Waals surface area contributed by atoms with Crippen molar-refractivity contribution < 1.29 is 4.79 Å². The standard InChI is InChI=1S/C21H25N5OS/c1-16-14-17(2)26(23-16)20-8-4-3-7-19(20)22-21(27)25-11-9-24(10-12-25)15-18-6-5-13-28-18/h3-8,13-14H,9-12,15H2,1-2H3,(H,22,27). The summed E-state index contributed by atoms with van der Waals surface area (Å²) >= 11 is 1.78. The first-order valence-electron chi connectivity index (χ1n) is 9.53. The lowest BCUT2D eigenvalue weighted by molar-refractivity contribution is 0.143. The molecule has 0 aliphatic carbocycles. The van der Waals surface area contributed by atoms with Crippen LogP contribution in [-0.2, 0) is 6.54 Å². The molecule has 3 heterocycles. The summed E-state index contributed by atoms with van der Waals surface area (Å²) in [5.74, 6) is 0. The predicted molar refractivity (Wildman–Crippen MR) is 113 cm³/mol. The minimum Gasteiger partial charge on any atom is -0.322 e. The van der Waals surface area contributed by atoms with E-state index in [9.17, 15) is 4.79 Å². The molecule has 0 spiro atoms. The number of aromatic nitrogens is 2. The number of amides is 2. The molecule has 1 aliphatic heterocycles. The average molecular weight is 396 g/mol. The van der Waals surface area contributed by atoms with Crippen LogP contribution in [-0.4, -0.2) is 51.8 Å². The van der Waals surface area contributed by atoms with Crippen molar-refractivity contribution in [2.24, 2.45) is 0 Å². The molecule has 6 nitrogen and oxygen atoms in total. The Morgan fingerprint density at radius 2 is 1.89 bits per heavy atom. The van der Waals surface area contributed by atoms with Gasteiger partial charge < -0.3 is 10.2 Å². The fourth-order valence-electron chi connectivity index (χ4n) is 3.56. The number of hydrogen-bond donors (Lipinski definition) is 1. The SMILES string of the molecule is Cc1cc(C)n(-c2ccccc2NC(=O)N2CCN(Cc3cccs3)CC2)n1. The van der Waals surface area contributed by atoms with E-state index >= 15 is 0 Å². The van der Waals surface area contributed by atoms with Crippen LogP contribution in [0.1, 0.15) is 16.3 Å². The molecule has 0 bridgehead atoms. The number of para-hydroxylation sites is 2. The molecule has 1 N–H and O–H groups in total. The van der Waals surface area contributed by atoms with Gasteiger partial charge in [0.1, 0.15) is 0 Å². The first kappa shape index (κ1) is 18.7. The molecule has 2 aromatic heterocycles. The zero-order valence-corrected chi connectivity index (χ0v) is 17.1. The largest absolute Gasteiger partial charge is 0.322 e. The maximum absolute atomic E-state index is 12.8. The lowest BCUT2D eigenvalue weighted by Gasteiger charge is -2.34. The number of rotatable bonds is 4. The molecule has 0 unspecified atom stereocenters. The molecule has 2 amide bonds. The Balaban J connectivity index is 1.40. The quantitative estimate of drug-likeness (QED) is 0.729. The van der Waals surface area contributed by atoms with Gasteiger partial charge in [-0.1, -0.05) is 18.2 Å². The van der Waals surface area contributed by atoms with Gasteiger partial charge in [-0.15, -0.1) is 11.3 Å². The Morgan fingerprint density at radius 3 is 2.57 bits per heavy atom. The van der Waals surface area contributed by atoms with E-state index in [0.29, 0.717) is 0 Å². The molecule has 0 saturated carbocycles. The number of aryl methyl sites for hydroxylation is 2. The number of thiophene rings is 1. The summed E-state index contributed by atoms with van der Waals surface area (Å²) in [6, 6.07) is 14.0. The van der Waals surface area contributed by atoms with Crippen LogP contribution < -0.4 is 5.32 Å². The minimum atomic E-state index is -0.0512. The molecule has 1 saturated heterocycles. The third kappa shape index (κ3) is 4.10. The monoisotopic (exact) mass is 395 g/mol. The number of carbonyl (C=O) groups excluding carboxylic acids is 1. The Morgan fingerprint density at radius 1 is 1.11 bits per heavy atom. The van der Waals surface area contributed by atoms with Crippen LogP contribution in [0.5, 0.6) is 0 Å². The van der Waals surface area contributed by atoms with E-state index in [1.807, 2.05) is 53.8 Å². The first-order chi connectivity index (χ1) is 13.6. The van der Waals surface area contributed by atoms with E-state index in [0.717, 1.165) is 55.5 Å². The smallest absolute Gasteiger partial charge is 0.321 e. The molecule has 7 heteroatoms. The number of urea groups is 1. The zero-order valence-electron chi connectivity index (χ0n) is 16.3. The fourth-order valence-corrected chi connectivity index (χ4v) is 4.31. The third-order valence-corrected chi connectivity index (χ3v) is 5.86. The van der Waals surface area contributed by atoms with Crippen LogP contribution in [0.25, 0.3) is 5.69 Å². The van der Waals surface area contributed by atoms with Crippen molar-refractivity contribution in [3.05, 3.63) is 64.1 Å². The summed E-state index contributed by atoms with van der Waals surface area (Å²) in [4.78, 5) is 18.5. The van der Waals surface area contributed by atoms with Gasteiger partial charge in [0.05, 0.1) is 17.1 Å². The van der Waals surface area contributed by atoms with Crippen molar-refractivity contribution in [1.29, 1.82) is 0 Å². The maximum Gasteiger partial charge on any atom is 0.321 e. The Hall–Kier alpha value is -2.64. The zero-order chi connectivity index (χ0) is 19.5. The Kier molecular flexibility index (Phi) is 5.45. The van der Waals surface area contributed by atoms with Crippen molar-refractivity contribution in [2.75, 3.05) is 31.5 Å². The van der Waals surface area contributed by atoms with E-state index in [2.05, 4.69) is 32.8 Å². The van der Waals surface area contributed by atoms with Crippen LogP contribution in [0.15, 0.2) is 47.8 Å². The van der Waals surface area contributed by atoms with Gasteiger partial charge in [0.15, 0.2) is 0 Å². The van der Waals surface area contributed by atoms with Crippen molar-refractivity contribution in [1.82, 2.24) is 19.6 Å². The molecule has 146 valence electrons. The first-order valence-corrected chi connectivity index (χ1v) is 10.4. The highest BCUT2D eigenvalue weighted by Crippen LogP contribution is 2.22. The van der Waals surface area contributed by atoms with Crippen LogP contribution in [0.2, 0.25) is 0 Å². The second-order valence-electron chi connectivity index (χ2n) is 7.13. The van der Waals surface area contributed by atoms with E-state index in [-0.39, 0.29) is 6.03 Å². The molecular formula is C21H25N5OS. The van der Waals surface area contributed by atoms with Gasteiger partial charge in [0.2, 0.25) is 0 Å². The highest BCUT2D eigenvalue weighted by Gasteiger charge is 2.22. The number of nitrogens with zero attached hydrogens (tertiary/aromatic N) is 4. The molecule has 0 atom stereocenters. The molecule has 1 aromatic carbocycles. The molecule has 4 rings (SSSR count). The lowest BCUT2D eigenvalue weighted by Crippen LogP contribution is -2.49. The molecule has 28 heavy (non-hydrogen) atoms. The number of anilines is 1. The Bertz CT molecular complexity index is 942. The highest BCUT2D eigenvalue weighted by molar-refractivity contribution is 7.09. The third-order valence-electron chi connectivity index (χ3n) is 5.00. The van der Waals surface area contributed by atoms with Gasteiger partial charge in [-0.25, -0.2) is 9.48 Å². The van der Waals surface area contributed by atoms with Gasteiger partial charge in [-0.05, 0) is 43.5 Å². The maximum atomic E-state index is 12.8. The number of piperazine rings is 1. The van der Waals surface area contributed by atoms with Crippen LogP contribution in [0, 0.1) is 13.8 Å². The van der Waals surface area contributed by atoms with Gasteiger partial charge in [-0.2, -0.15) is 5.10 Å². The molecule has 1 aliphatic rings. The topological polar surface area (TPSA) is 53.4 Å². The summed E-state index contributed by atoms with van der Waals surface area (Å²) in [6.07, 6.45) is 0. The van der Waals surface area contributed by atoms with Crippen molar-refractivity contribution in [2.45, 2.75) is 20.4 Å². The normalized spacial score (nSPS) is 15.0. The second kappa shape index (κ2) is 8.16. The molecule has 1 fully saturated rings. The molecule has 0 radical (unpaired) electrons. The highest BCUT2D eigenvalue weighted by atomic mass is 32.1. The minimum absolute atomic E-state index is 0.0512. The van der Waals surface area contributed by atoms with Gasteiger partial charge in [-0.3, -0.25) is 4.90 Å². The fraction of sp³-hybridized carbons (Fsp3) is 0.333. The number of hydrogen-bond acceptors (Lipinski definition) is 4. The number of nitrogens with one attached hydrogen (secondary N) is 1. The van der Waals surface area contributed by atoms with Crippen molar-refractivity contribution in [3.63, 3.8) is 0 Å². The van der Waals surface area contributed by atoms with Gasteiger partial charge in [0.25, 0.3) is 0 Å². The molecular weight excluding hydrogens is 370 g/mol. The summed E-state index contributed by atoms with van der Waals surface area (Å²) in [5, 5.41) is 9.75. The van der Waals surface area contributed by atoms with Crippen LogP contribution in [0.3, 0.4) is 0 Å². The summed E-state index contributed by atoms with van der Waals surface area (Å²) in [6.45, 7) is 8.22. The Labute approximate surface area is 169 Å². The number of benzene rings is 1. The summed E-state index contributed by atoms with van der Waals surface area (Å²) in [7, 11) is 0. The summed E-state index contributed by atoms with van der Waals surface area (Å²) < 4.78 is 1.88. The predicted octanol–water partition coefficient (Wildman–Crippen LogP) is 3.90. The van der Waals surface area contributed by atoms with Gasteiger partial charge in [0, 0.05) is 43.3 Å². The average Bonchev–Trinajstić information content (AvgIpc) is 3.32. The lowest BCUT2D eigenvalue weighted by atomic mass is 10.2. The van der Waals surface area contributed by atoms with Crippen molar-refractivity contribution in [3.8, 4) is 5.69 Å². The number of carbonyl (C=O) groups is 1. The van der Waals surface area contributed by atoms with E-state index < -0.39 is 0 Å². The van der Waals surface area contributed by atoms with Crippen LogP contribution >= 0.6 is 11.3 Å². The summed E-state index contributed by atoms with van der Waals surface area (Å²) in [5.41, 5.74) is 3.67. The molecule has 3 aromatic rings. The van der Waals surface area contributed by atoms with Crippen molar-refractivity contribution >= 4 is 23.1 Å². The van der Waals surface area contributed by atoms with Crippen LogP contribution in [0.4, 0.5) is 10.5 Å².